The van der Waals surface area contributed by atoms with Gasteiger partial charge < -0.3 is 15.2 Å². The van der Waals surface area contributed by atoms with Crippen LogP contribution < -0.4 is 5.32 Å². The lowest BCUT2D eigenvalue weighted by atomic mass is 9.98. The summed E-state index contributed by atoms with van der Waals surface area (Å²) >= 11 is 0. The summed E-state index contributed by atoms with van der Waals surface area (Å²) in [6, 6.07) is 0. The molecule has 0 aromatic carbocycles. The van der Waals surface area contributed by atoms with Crippen LogP contribution in [0.5, 0.6) is 0 Å². The first-order chi connectivity index (χ1) is 7.74. The van der Waals surface area contributed by atoms with E-state index in [1.54, 1.807) is 0 Å². The van der Waals surface area contributed by atoms with Gasteiger partial charge in [-0.05, 0) is 0 Å². The molecule has 0 radical (unpaired) electrons. The number of aliphatic hydroxyl groups is 1. The van der Waals surface area contributed by atoms with E-state index in [2.05, 4.69) is 14.2 Å². The predicted molar refractivity (Wildman–Crippen MR) is 54.3 cm³/mol. The SMILES string of the molecule is COC(=O)[C@@]1(CO)C[C@H](OS(C)(=O)=O)C(=O)N1. The van der Waals surface area contributed by atoms with Gasteiger partial charge in [0.15, 0.2) is 11.6 Å². The topological polar surface area (TPSA) is 119 Å². The molecule has 2 N–H and O–H groups in total. The Balaban J connectivity index is 2.90. The Kier molecular flexibility index (Phi) is 3.74. The van der Waals surface area contributed by atoms with Gasteiger partial charge in [-0.2, -0.15) is 8.42 Å². The molecule has 1 saturated heterocycles. The molecule has 0 aromatic heterocycles. The van der Waals surface area contributed by atoms with Crippen LogP contribution in [0.1, 0.15) is 6.42 Å². The number of esters is 1. The fraction of sp³-hybridized carbons (Fsp3) is 0.750. The van der Waals surface area contributed by atoms with Gasteiger partial charge in [0.2, 0.25) is 0 Å². The van der Waals surface area contributed by atoms with Crippen molar-refractivity contribution in [1.82, 2.24) is 5.32 Å². The first-order valence-electron chi connectivity index (χ1n) is 4.63. The van der Waals surface area contributed by atoms with Gasteiger partial charge >= 0.3 is 5.97 Å². The second-order valence-electron chi connectivity index (χ2n) is 3.71. The number of carbonyl (C=O) groups excluding carboxylic acids is 2. The van der Waals surface area contributed by atoms with Crippen molar-refractivity contribution in [3.63, 3.8) is 0 Å². The average Bonchev–Trinajstić information content (AvgIpc) is 2.53. The van der Waals surface area contributed by atoms with Gasteiger partial charge in [0.25, 0.3) is 16.0 Å². The van der Waals surface area contributed by atoms with E-state index in [0.29, 0.717) is 0 Å². The van der Waals surface area contributed by atoms with Crippen molar-refractivity contribution in [2.75, 3.05) is 20.0 Å². The summed E-state index contributed by atoms with van der Waals surface area (Å²) in [5, 5.41) is 11.3. The highest BCUT2D eigenvalue weighted by Crippen LogP contribution is 2.24. The van der Waals surface area contributed by atoms with E-state index in [0.717, 1.165) is 13.4 Å². The number of carbonyl (C=O) groups is 2. The third-order valence-electron chi connectivity index (χ3n) is 2.33. The molecule has 0 aliphatic carbocycles. The number of rotatable bonds is 4. The summed E-state index contributed by atoms with van der Waals surface area (Å²) in [4.78, 5) is 22.8. The van der Waals surface area contributed by atoms with Crippen molar-refractivity contribution in [2.24, 2.45) is 0 Å². The smallest absolute Gasteiger partial charge is 0.334 e. The minimum Gasteiger partial charge on any atom is -0.467 e. The molecule has 8 nitrogen and oxygen atoms in total. The van der Waals surface area contributed by atoms with E-state index in [4.69, 9.17) is 5.11 Å². The summed E-state index contributed by atoms with van der Waals surface area (Å²) in [7, 11) is -2.73. The largest absolute Gasteiger partial charge is 0.467 e. The van der Waals surface area contributed by atoms with Crippen molar-refractivity contribution >= 4 is 22.0 Å². The maximum atomic E-state index is 11.4. The van der Waals surface area contributed by atoms with Gasteiger partial charge in [0, 0.05) is 6.42 Å². The Labute approximate surface area is 98.0 Å². The van der Waals surface area contributed by atoms with Crippen LogP contribution in [0, 0.1) is 0 Å². The summed E-state index contributed by atoms with van der Waals surface area (Å²) < 4.78 is 30.7. The second-order valence-corrected chi connectivity index (χ2v) is 5.31. The lowest BCUT2D eigenvalue weighted by Crippen LogP contribution is -2.52. The molecule has 2 atom stereocenters. The zero-order chi connectivity index (χ0) is 13.3. The van der Waals surface area contributed by atoms with Crippen molar-refractivity contribution in [3.8, 4) is 0 Å². The third-order valence-corrected chi connectivity index (χ3v) is 2.91. The monoisotopic (exact) mass is 267 g/mol. The molecule has 1 aliphatic heterocycles. The minimum absolute atomic E-state index is 0.303. The molecule has 0 saturated carbocycles. The molecule has 0 aromatic rings. The maximum absolute atomic E-state index is 11.4. The molecule has 9 heteroatoms. The van der Waals surface area contributed by atoms with Crippen molar-refractivity contribution in [2.45, 2.75) is 18.1 Å². The van der Waals surface area contributed by atoms with Gasteiger partial charge in [-0.15, -0.1) is 0 Å². The van der Waals surface area contributed by atoms with Crippen molar-refractivity contribution in [3.05, 3.63) is 0 Å². The van der Waals surface area contributed by atoms with Crippen LogP contribution in [0.2, 0.25) is 0 Å². The Bertz CT molecular complexity index is 431. The van der Waals surface area contributed by atoms with E-state index >= 15 is 0 Å². The highest BCUT2D eigenvalue weighted by Gasteiger charge is 2.51. The van der Waals surface area contributed by atoms with E-state index in [-0.39, 0.29) is 6.42 Å². The van der Waals surface area contributed by atoms with E-state index < -0.39 is 40.2 Å². The number of ether oxygens (including phenoxy) is 1. The standard InChI is InChI=1S/C8H13NO7S/c1-15-7(12)8(4-10)3-5(6(11)9-8)16-17(2,13)14/h5,10H,3-4H2,1-2H3,(H,9,11)/t5-,8-/m0/s1. The first-order valence-corrected chi connectivity index (χ1v) is 6.45. The third kappa shape index (κ3) is 2.93. The zero-order valence-electron chi connectivity index (χ0n) is 9.30. The van der Waals surface area contributed by atoms with Gasteiger partial charge in [0.1, 0.15) is 0 Å². The highest BCUT2D eigenvalue weighted by molar-refractivity contribution is 7.86. The molecule has 98 valence electrons. The molecule has 1 aliphatic rings. The molecule has 1 amide bonds. The number of nitrogens with one attached hydrogen (secondary N) is 1. The fourth-order valence-electron chi connectivity index (χ4n) is 1.56. The zero-order valence-corrected chi connectivity index (χ0v) is 10.1. The number of aliphatic hydroxyl groups excluding tert-OH is 1. The first kappa shape index (κ1) is 13.9. The maximum Gasteiger partial charge on any atom is 0.334 e. The second kappa shape index (κ2) is 4.59. The van der Waals surface area contributed by atoms with Crippen molar-refractivity contribution in [1.29, 1.82) is 0 Å². The van der Waals surface area contributed by atoms with Crippen LogP contribution in [0.15, 0.2) is 0 Å². The number of hydrogen-bond donors (Lipinski definition) is 2. The molecule has 0 unspecified atom stereocenters. The Morgan fingerprint density at radius 3 is 2.65 bits per heavy atom. The van der Waals surface area contributed by atoms with Crippen LogP contribution in [0.25, 0.3) is 0 Å². The van der Waals surface area contributed by atoms with Gasteiger partial charge in [-0.25, -0.2) is 4.79 Å². The molecule has 1 heterocycles. The lowest BCUT2D eigenvalue weighted by molar-refractivity contribution is -0.150. The molecule has 17 heavy (non-hydrogen) atoms. The Hall–Kier alpha value is -1.19. The normalized spacial score (nSPS) is 28.9. The molecular formula is C8H13NO7S. The van der Waals surface area contributed by atoms with Gasteiger partial charge in [0.05, 0.1) is 20.0 Å². The predicted octanol–water partition coefficient (Wildman–Crippen LogP) is -2.24. The van der Waals surface area contributed by atoms with E-state index in [9.17, 15) is 18.0 Å². The van der Waals surface area contributed by atoms with Crippen molar-refractivity contribution < 1.29 is 32.0 Å². The molecule has 1 fully saturated rings. The van der Waals surface area contributed by atoms with E-state index in [1.165, 1.54) is 0 Å². The van der Waals surface area contributed by atoms with Crippen LogP contribution >= 0.6 is 0 Å². The summed E-state index contributed by atoms with van der Waals surface area (Å²) in [5.41, 5.74) is -1.64. The average molecular weight is 267 g/mol. The Morgan fingerprint density at radius 2 is 2.24 bits per heavy atom. The molecule has 0 bridgehead atoms. The van der Waals surface area contributed by atoms with Crippen LogP contribution in [-0.4, -0.2) is 57.0 Å². The quantitative estimate of drug-likeness (QED) is 0.436. The fourth-order valence-corrected chi connectivity index (χ4v) is 2.14. The van der Waals surface area contributed by atoms with Gasteiger partial charge in [-0.1, -0.05) is 0 Å². The highest BCUT2D eigenvalue weighted by atomic mass is 32.2. The summed E-state index contributed by atoms with van der Waals surface area (Å²) in [6.07, 6.45) is -0.851. The summed E-state index contributed by atoms with van der Waals surface area (Å²) in [5.74, 6) is -1.64. The summed E-state index contributed by atoms with van der Waals surface area (Å²) in [6.45, 7) is -0.699. The molecule has 0 spiro atoms. The van der Waals surface area contributed by atoms with E-state index in [1.807, 2.05) is 0 Å². The molecule has 1 rings (SSSR count). The molecular weight excluding hydrogens is 254 g/mol. The lowest BCUT2D eigenvalue weighted by Gasteiger charge is -2.22. The minimum atomic E-state index is -3.83. The number of methoxy groups -OCH3 is 1. The van der Waals surface area contributed by atoms with Crippen LogP contribution in [-0.2, 0) is 28.6 Å². The van der Waals surface area contributed by atoms with Crippen LogP contribution in [0.3, 0.4) is 0 Å². The Morgan fingerprint density at radius 1 is 1.65 bits per heavy atom. The van der Waals surface area contributed by atoms with Gasteiger partial charge in [-0.3, -0.25) is 8.98 Å². The van der Waals surface area contributed by atoms with Crippen LogP contribution in [0.4, 0.5) is 0 Å². The number of hydrogen-bond acceptors (Lipinski definition) is 7. The number of amides is 1.